The molecule has 0 radical (unpaired) electrons. The van der Waals surface area contributed by atoms with E-state index in [1.807, 2.05) is 6.92 Å². The Balaban J connectivity index is 2.14. The van der Waals surface area contributed by atoms with Crippen LogP contribution >= 0.6 is 0 Å². The molecule has 2 aromatic heterocycles. The largest absolute Gasteiger partial charge is 0.391 e. The molecule has 2 N–H and O–H groups in total. The number of nitrogens with zero attached hydrogens (tertiary/aromatic N) is 3. The van der Waals surface area contributed by atoms with E-state index >= 15 is 0 Å². The number of hydrogen-bond acceptors (Lipinski definition) is 4. The van der Waals surface area contributed by atoms with Gasteiger partial charge in [0, 0.05) is 18.9 Å². The summed E-state index contributed by atoms with van der Waals surface area (Å²) in [6.07, 6.45) is 6.44. The van der Waals surface area contributed by atoms with Gasteiger partial charge in [-0.1, -0.05) is 6.92 Å². The van der Waals surface area contributed by atoms with E-state index in [0.717, 1.165) is 0 Å². The highest BCUT2D eigenvalue weighted by Gasteiger charge is 2.13. The zero-order valence-electron chi connectivity index (χ0n) is 9.50. The van der Waals surface area contributed by atoms with Gasteiger partial charge in [-0.2, -0.15) is 5.10 Å². The van der Waals surface area contributed by atoms with E-state index in [-0.39, 0.29) is 12.5 Å². The highest BCUT2D eigenvalue weighted by atomic mass is 16.3. The number of carbonyl (C=O) groups excluding carboxylic acids is 1. The van der Waals surface area contributed by atoms with Crippen LogP contribution in [-0.4, -0.2) is 38.3 Å². The first-order chi connectivity index (χ1) is 8.22. The maximum Gasteiger partial charge on any atom is 0.255 e. The van der Waals surface area contributed by atoms with Crippen LogP contribution in [0.25, 0.3) is 5.52 Å². The molecule has 0 saturated carbocycles. The molecule has 6 nitrogen and oxygen atoms in total. The van der Waals surface area contributed by atoms with E-state index in [1.54, 1.807) is 23.1 Å². The number of aromatic nitrogens is 3. The van der Waals surface area contributed by atoms with Crippen molar-refractivity contribution < 1.29 is 9.90 Å². The minimum atomic E-state index is -0.515. The molecule has 1 unspecified atom stereocenters. The fourth-order valence-electron chi connectivity index (χ4n) is 1.46. The standard InChI is InChI=1S/C11H14N4O2/c1-2-8(16)5-13-11(17)9-6-14-15-4-3-12-7-10(9)15/h3-4,6-8,16H,2,5H2,1H3,(H,13,17). The Morgan fingerprint density at radius 1 is 1.59 bits per heavy atom. The monoisotopic (exact) mass is 234 g/mol. The molecule has 2 heterocycles. The normalized spacial score (nSPS) is 12.6. The van der Waals surface area contributed by atoms with E-state index < -0.39 is 6.10 Å². The number of rotatable bonds is 4. The predicted molar refractivity (Wildman–Crippen MR) is 61.6 cm³/mol. The quantitative estimate of drug-likeness (QED) is 0.793. The van der Waals surface area contributed by atoms with E-state index in [2.05, 4.69) is 15.4 Å². The second-order valence-corrected chi connectivity index (χ2v) is 3.74. The topological polar surface area (TPSA) is 79.5 Å². The lowest BCUT2D eigenvalue weighted by atomic mass is 10.2. The third kappa shape index (κ3) is 2.42. The minimum Gasteiger partial charge on any atom is -0.391 e. The summed E-state index contributed by atoms with van der Waals surface area (Å²) >= 11 is 0. The fraction of sp³-hybridized carbons (Fsp3) is 0.364. The van der Waals surface area contributed by atoms with Crippen molar-refractivity contribution in [3.05, 3.63) is 30.4 Å². The van der Waals surface area contributed by atoms with Gasteiger partial charge in [-0.05, 0) is 6.42 Å². The van der Waals surface area contributed by atoms with Gasteiger partial charge in [-0.3, -0.25) is 9.78 Å². The molecule has 2 rings (SSSR count). The summed E-state index contributed by atoms with van der Waals surface area (Å²) in [7, 11) is 0. The van der Waals surface area contributed by atoms with Crippen molar-refractivity contribution in [2.45, 2.75) is 19.4 Å². The number of aliphatic hydroxyl groups excluding tert-OH is 1. The summed E-state index contributed by atoms with van der Waals surface area (Å²) in [6.45, 7) is 2.10. The minimum absolute atomic E-state index is 0.243. The van der Waals surface area contributed by atoms with Crippen LogP contribution in [0.5, 0.6) is 0 Å². The van der Waals surface area contributed by atoms with Crippen LogP contribution in [0.3, 0.4) is 0 Å². The highest BCUT2D eigenvalue weighted by molar-refractivity contribution is 6.00. The molecule has 0 aliphatic carbocycles. The predicted octanol–water partition coefficient (Wildman–Crippen LogP) is 0.230. The van der Waals surface area contributed by atoms with Crippen LogP contribution in [0.2, 0.25) is 0 Å². The lowest BCUT2D eigenvalue weighted by Gasteiger charge is -2.08. The Labute approximate surface area is 98.3 Å². The molecule has 1 atom stereocenters. The van der Waals surface area contributed by atoms with Crippen molar-refractivity contribution in [3.8, 4) is 0 Å². The Morgan fingerprint density at radius 2 is 2.41 bits per heavy atom. The molecular formula is C11H14N4O2. The molecule has 6 heteroatoms. The first-order valence-corrected chi connectivity index (χ1v) is 5.46. The van der Waals surface area contributed by atoms with Crippen LogP contribution in [0, 0.1) is 0 Å². The third-order valence-electron chi connectivity index (χ3n) is 2.54. The molecule has 0 spiro atoms. The molecule has 0 aromatic carbocycles. The van der Waals surface area contributed by atoms with E-state index in [0.29, 0.717) is 17.5 Å². The second kappa shape index (κ2) is 4.92. The van der Waals surface area contributed by atoms with Crippen LogP contribution in [0.15, 0.2) is 24.8 Å². The van der Waals surface area contributed by atoms with Crippen molar-refractivity contribution in [1.29, 1.82) is 0 Å². The number of aliphatic hydroxyl groups is 1. The van der Waals surface area contributed by atoms with Gasteiger partial charge >= 0.3 is 0 Å². The molecule has 0 bridgehead atoms. The first-order valence-electron chi connectivity index (χ1n) is 5.46. The summed E-state index contributed by atoms with van der Waals surface area (Å²) in [5.41, 5.74) is 1.11. The van der Waals surface area contributed by atoms with Crippen molar-refractivity contribution in [1.82, 2.24) is 19.9 Å². The van der Waals surface area contributed by atoms with Gasteiger partial charge in [0.1, 0.15) is 0 Å². The van der Waals surface area contributed by atoms with E-state index in [1.165, 1.54) is 6.20 Å². The van der Waals surface area contributed by atoms with Crippen LogP contribution in [0.4, 0.5) is 0 Å². The summed E-state index contributed by atoms with van der Waals surface area (Å²) in [6, 6.07) is 0. The molecular weight excluding hydrogens is 220 g/mol. The van der Waals surface area contributed by atoms with E-state index in [9.17, 15) is 9.90 Å². The average Bonchev–Trinajstić information content (AvgIpc) is 2.79. The number of fused-ring (bicyclic) bond motifs is 1. The Hall–Kier alpha value is -1.95. The summed E-state index contributed by atoms with van der Waals surface area (Å²) < 4.78 is 1.58. The molecule has 90 valence electrons. The van der Waals surface area contributed by atoms with Crippen molar-refractivity contribution >= 4 is 11.4 Å². The number of hydrogen-bond donors (Lipinski definition) is 2. The summed E-state index contributed by atoms with van der Waals surface area (Å²) in [4.78, 5) is 15.8. The zero-order valence-corrected chi connectivity index (χ0v) is 9.50. The van der Waals surface area contributed by atoms with Crippen molar-refractivity contribution in [2.75, 3.05) is 6.54 Å². The average molecular weight is 234 g/mol. The van der Waals surface area contributed by atoms with Crippen LogP contribution < -0.4 is 5.32 Å². The van der Waals surface area contributed by atoms with Gasteiger partial charge < -0.3 is 10.4 Å². The Morgan fingerprint density at radius 3 is 3.18 bits per heavy atom. The fourth-order valence-corrected chi connectivity index (χ4v) is 1.46. The lowest BCUT2D eigenvalue weighted by Crippen LogP contribution is -2.31. The zero-order chi connectivity index (χ0) is 12.3. The summed E-state index contributed by atoms with van der Waals surface area (Å²) in [5, 5.41) is 16.1. The Kier molecular flexibility index (Phi) is 3.34. The van der Waals surface area contributed by atoms with Crippen molar-refractivity contribution in [2.24, 2.45) is 0 Å². The SMILES string of the molecule is CCC(O)CNC(=O)c1cnn2ccncc12. The van der Waals surface area contributed by atoms with Gasteiger partial charge in [0.15, 0.2) is 0 Å². The van der Waals surface area contributed by atoms with E-state index in [4.69, 9.17) is 0 Å². The maximum atomic E-state index is 11.8. The highest BCUT2D eigenvalue weighted by Crippen LogP contribution is 2.08. The Bertz CT molecular complexity index is 523. The molecule has 2 aromatic rings. The molecule has 0 fully saturated rings. The lowest BCUT2D eigenvalue weighted by molar-refractivity contribution is 0.0915. The summed E-state index contributed by atoms with van der Waals surface area (Å²) in [5.74, 6) is -0.250. The third-order valence-corrected chi connectivity index (χ3v) is 2.54. The first kappa shape index (κ1) is 11.5. The molecule has 0 aliphatic rings. The van der Waals surface area contributed by atoms with Gasteiger partial charge in [0.25, 0.3) is 5.91 Å². The number of carbonyl (C=O) groups is 1. The van der Waals surface area contributed by atoms with Crippen molar-refractivity contribution in [3.63, 3.8) is 0 Å². The molecule has 17 heavy (non-hydrogen) atoms. The molecule has 0 saturated heterocycles. The molecule has 1 amide bonds. The number of nitrogens with one attached hydrogen (secondary N) is 1. The van der Waals surface area contributed by atoms with Gasteiger partial charge in [-0.15, -0.1) is 0 Å². The second-order valence-electron chi connectivity index (χ2n) is 3.74. The maximum absolute atomic E-state index is 11.8. The van der Waals surface area contributed by atoms with Gasteiger partial charge in [0.2, 0.25) is 0 Å². The number of amides is 1. The van der Waals surface area contributed by atoms with Crippen LogP contribution in [-0.2, 0) is 0 Å². The smallest absolute Gasteiger partial charge is 0.255 e. The van der Waals surface area contributed by atoms with Gasteiger partial charge in [-0.25, -0.2) is 4.52 Å². The molecule has 0 aliphatic heterocycles. The van der Waals surface area contributed by atoms with Gasteiger partial charge in [0.05, 0.1) is 29.6 Å². The van der Waals surface area contributed by atoms with Crippen LogP contribution in [0.1, 0.15) is 23.7 Å².